The molecule has 21 rings (SSSR count). The third kappa shape index (κ3) is 32.0. The molecule has 6 atom stereocenters. The molecule has 6 aromatic heterocycles. The van der Waals surface area contributed by atoms with Gasteiger partial charge in [-0.25, -0.2) is 66.1 Å². The summed E-state index contributed by atoms with van der Waals surface area (Å²) in [5.74, 6) is 3.42. The van der Waals surface area contributed by atoms with E-state index in [1.807, 2.05) is 90.8 Å². The number of methoxy groups -OCH3 is 6. The molecule has 4 aliphatic heterocycles. The fourth-order valence-corrected chi connectivity index (χ4v) is 17.6. The molecule has 0 aliphatic carbocycles. The molecule has 6 unspecified atom stereocenters. The van der Waals surface area contributed by atoms with Gasteiger partial charge in [-0.3, -0.25) is 28.8 Å². The molecule has 0 saturated carbocycles. The van der Waals surface area contributed by atoms with E-state index in [2.05, 4.69) is 210 Å². The minimum Gasteiger partial charge on any atom is -0.632 e. The molecule has 6 amide bonds. The SMILES string of the molecule is C.COC([NH-])=O.COC([NH-])=O.COC([NH-])=O.COC([NH-])=O.COC([NH-])=O.COC([NH-])=O.O=[C-]Pc1ncc(-c2cc3c4c(c2)OCc2cc(-c5ccc6nc(P[C-]=O)[nH]c6c5)cc(c2-4)OC3)[nH]1.O=[C-]Pc1ncc(-c2ccc3c(c2)COc2c-3ccc3cc(-c4ccc5nc(P[C-]=O)[nH]c5c4)ccc23)[nH]1.O=[C-]Pc1ncc(-c2ccc3c4c(ccc3c2)-c2ccc(-c3ccc5nc(P[C-]=O)[nH]c5c3)cc2CO4)[nH]1.[V+2].[V+2].[V+2].[V+2].[V+2].[V+2]. The van der Waals surface area contributed by atoms with Crippen LogP contribution in [0, 0.1) is 0 Å². The number of imidazole rings is 6. The van der Waals surface area contributed by atoms with Crippen molar-refractivity contribution in [2.75, 3.05) is 42.7 Å². The molecule has 6 radical (unpaired) electrons. The summed E-state index contributed by atoms with van der Waals surface area (Å²) in [6.45, 7) is 1.81. The summed E-state index contributed by atoms with van der Waals surface area (Å²) in [5, 5.41) is 4.29. The number of aromatic amines is 6. The maximum atomic E-state index is 10.7. The summed E-state index contributed by atoms with van der Waals surface area (Å²) >= 11 is 0. The summed E-state index contributed by atoms with van der Waals surface area (Å²) in [5.41, 5.74) is 67.6. The Labute approximate surface area is 931 Å². The van der Waals surface area contributed by atoms with Gasteiger partial charge < -0.3 is 140 Å². The third-order valence-corrected chi connectivity index (χ3v) is 24.6. The number of aromatic nitrogens is 12. The number of fused-ring (bicyclic) bond motifs is 13. The summed E-state index contributed by atoms with van der Waals surface area (Å²) in [6.07, 6.45) is -0.753. The number of ether oxygens (including phenoxy) is 10. The Morgan fingerprint density at radius 2 is 0.544 bits per heavy atom. The summed E-state index contributed by atoms with van der Waals surface area (Å²) in [7, 11) is 6.33. The van der Waals surface area contributed by atoms with Crippen LogP contribution in [-0.2, 0) is 195 Å². The van der Waals surface area contributed by atoms with Crippen molar-refractivity contribution in [3.05, 3.63) is 251 Å². The van der Waals surface area contributed by atoms with Crippen LogP contribution in [0.5, 0.6) is 23.0 Å². The van der Waals surface area contributed by atoms with Crippen molar-refractivity contribution in [3.8, 4) is 124 Å². The molecule has 0 spiro atoms. The second kappa shape index (κ2) is 59.9. The number of amides is 6. The van der Waals surface area contributed by atoms with E-state index in [4.69, 9.17) is 53.3 Å². The van der Waals surface area contributed by atoms with E-state index in [0.717, 1.165) is 243 Å². The van der Waals surface area contributed by atoms with Crippen LogP contribution >= 0.6 is 51.5 Å². The van der Waals surface area contributed by atoms with Crippen molar-refractivity contribution >= 4 is 212 Å². The molecule has 0 saturated heterocycles. The Bertz CT molecular complexity index is 7530. The van der Waals surface area contributed by atoms with Gasteiger partial charge in [0.2, 0.25) is 36.6 Å². The molecule has 11 aromatic carbocycles. The maximum Gasteiger partial charge on any atom is 2.00 e. The Balaban J connectivity index is 0.000000293. The fraction of sp³-hybridized carbons (Fsp3) is 0.113. The average molecular weight is 2340 g/mol. The standard InChI is InChI=1S/2C29H18N4O3P2.C26H16N4O4P2.6C2H5NO2.CH4.6V/c34-14-37-28-30-12-26(33-28)19-3-5-21-20(10-19)13-36-27-22-6-1-16(9-18(22)2-7-23(21)27)17-4-8-24-25(11-17)32-29(31-24)38-15-35;34-14-37-28-30-12-26(33-28)19-3-6-22-18(10-19)2-7-23-21-5-1-16(9-20(21)13-36-27(22)23)17-4-8-24-25(11-17)32-29(31-24)38-15-35;31-11-35-25-27-8-20(30-25)15-4-17-10-33-21-6-14(3-16-9-34-22(7-15)24(17)23(16)21)13-1-2-18-19(5-13)29-26(28-18)36-12-32;6*1-5-2(3)4;;;;;;;/h2*1-12,37-38H,13H2,(H,30,33)(H,31,32);1-8,35-36H,9-10H2,(H,27,30)(H,28,29);6*1H3,(H2,3,4);1H4;;;;;;/q3*-2;;;;;;;;6*+2/p-6. The molecule has 0 fully saturated rings. The van der Waals surface area contributed by atoms with Crippen molar-refractivity contribution in [3.63, 3.8) is 0 Å². The zero-order chi connectivity index (χ0) is 101. The van der Waals surface area contributed by atoms with E-state index in [9.17, 15) is 57.5 Å². The average Bonchev–Trinajstić information content (AvgIpc) is 1.05. The molecule has 10 heterocycles. The first-order chi connectivity index (χ1) is 68.7. The van der Waals surface area contributed by atoms with Crippen LogP contribution in [-0.4, -0.2) is 175 Å². The van der Waals surface area contributed by atoms with Crippen LogP contribution in [0.15, 0.2) is 195 Å². The number of benzene rings is 11. The van der Waals surface area contributed by atoms with Gasteiger partial charge in [0.25, 0.3) is 0 Å². The number of carbonyl (C=O) groups is 6. The number of carbonyl (C=O) groups excluding carboxylic acids is 12. The van der Waals surface area contributed by atoms with Crippen molar-refractivity contribution in [2.45, 2.75) is 33.9 Å². The first-order valence-corrected chi connectivity index (χ1v) is 47.2. The van der Waals surface area contributed by atoms with Gasteiger partial charge in [0.1, 0.15) is 49.4 Å². The number of hydrogen-bond acceptors (Lipinski definition) is 28. The van der Waals surface area contributed by atoms with Crippen LogP contribution < -0.4 is 52.3 Å². The van der Waals surface area contributed by atoms with Crippen LogP contribution in [0.25, 0.3) is 190 Å². The molecule has 750 valence electrons. The van der Waals surface area contributed by atoms with E-state index in [0.29, 0.717) is 59.8 Å². The topological polar surface area (TPSA) is 612 Å². The van der Waals surface area contributed by atoms with E-state index in [1.165, 1.54) is 0 Å². The van der Waals surface area contributed by atoms with Gasteiger partial charge >= 0.3 is 111 Å². The number of hydrogen-bond donors (Lipinski definition) is 6. The zero-order valence-corrected chi connectivity index (χ0v) is 92.0. The normalized spacial score (nSPS) is 11.2. The number of rotatable bonds is 18. The molecule has 0 bridgehead atoms. The Morgan fingerprint density at radius 1 is 0.289 bits per heavy atom. The maximum absolute atomic E-state index is 10.7. The monoisotopic (exact) mass is 2340 g/mol. The Kier molecular flexibility index (Phi) is 50.1. The van der Waals surface area contributed by atoms with Crippen molar-refractivity contribution in [1.29, 1.82) is 0 Å². The fourth-order valence-electron chi connectivity index (χ4n) is 14.9. The van der Waals surface area contributed by atoms with Crippen LogP contribution in [0.1, 0.15) is 29.7 Å². The predicted molar refractivity (Wildman–Crippen MR) is 555 cm³/mol. The molecule has 40 nitrogen and oxygen atoms in total. The second-order valence-corrected chi connectivity index (χ2v) is 34.9. The van der Waals surface area contributed by atoms with Gasteiger partial charge in [0.05, 0.1) is 145 Å². The van der Waals surface area contributed by atoms with Gasteiger partial charge in [-0.2, -0.15) is 51.5 Å². The van der Waals surface area contributed by atoms with E-state index >= 15 is 0 Å². The quantitative estimate of drug-likeness (QED) is 0.0264. The van der Waals surface area contributed by atoms with Crippen LogP contribution in [0.4, 0.5) is 28.8 Å². The summed E-state index contributed by atoms with van der Waals surface area (Å²) < 4.78 is 47.8. The Morgan fingerprint density at radius 3 is 0.899 bits per heavy atom. The molecule has 12 N–H and O–H groups in total. The molecular formula is C97H80N18O22P6V6. The minimum atomic E-state index is -0.995. The molecular weight excluding hydrogens is 2260 g/mol. The predicted octanol–water partition coefficient (Wildman–Crippen LogP) is 19.4. The van der Waals surface area contributed by atoms with E-state index < -0.39 is 36.6 Å². The smallest absolute Gasteiger partial charge is 0.632 e. The van der Waals surface area contributed by atoms with Gasteiger partial charge in [0.15, 0.2) is 0 Å². The minimum absolute atomic E-state index is 0. The largest absolute Gasteiger partial charge is 2.00 e. The first kappa shape index (κ1) is 125. The van der Waals surface area contributed by atoms with Gasteiger partial charge in [-0.15, -0.1) is 0 Å². The third-order valence-electron chi connectivity index (χ3n) is 21.1. The van der Waals surface area contributed by atoms with E-state index in [-0.39, 0.29) is 170 Å². The number of H-pyrrole nitrogens is 6. The van der Waals surface area contributed by atoms with Crippen LogP contribution in [0.2, 0.25) is 0 Å². The molecule has 52 heteroatoms. The van der Waals surface area contributed by atoms with Crippen LogP contribution in [0.3, 0.4) is 0 Å². The number of nitrogens with zero attached hydrogens (tertiary/aromatic N) is 6. The Hall–Kier alpha value is -13.1. The molecule has 4 aliphatic rings. The van der Waals surface area contributed by atoms with Gasteiger partial charge in [0, 0.05) is 55.3 Å². The van der Waals surface area contributed by atoms with Gasteiger partial charge in [-0.1, -0.05) is 92.4 Å². The van der Waals surface area contributed by atoms with Crippen molar-refractivity contribution in [2.24, 2.45) is 0 Å². The first-order valence-electron chi connectivity index (χ1n) is 41.2. The van der Waals surface area contributed by atoms with Crippen molar-refractivity contribution < 1.29 is 216 Å². The zero-order valence-electron chi connectivity index (χ0n) is 77.7. The summed E-state index contributed by atoms with van der Waals surface area (Å²) in [4.78, 5) is 165. The van der Waals surface area contributed by atoms with Crippen molar-refractivity contribution in [1.82, 2.24) is 59.8 Å². The van der Waals surface area contributed by atoms with Gasteiger partial charge in [-0.05, 0) is 163 Å². The summed E-state index contributed by atoms with van der Waals surface area (Å²) in [6, 6.07) is 71.8. The molecule has 17 aromatic rings. The molecule has 149 heavy (non-hydrogen) atoms. The van der Waals surface area contributed by atoms with E-state index in [1.54, 1.807) is 18.6 Å². The second-order valence-electron chi connectivity index (χ2n) is 29.4. The number of nitrogens with one attached hydrogen (secondary N) is 12.